The van der Waals surface area contributed by atoms with Crippen LogP contribution < -0.4 is 0 Å². The van der Waals surface area contributed by atoms with Crippen molar-refractivity contribution >= 4 is 0 Å². The molecule has 0 unspecified atom stereocenters. The third-order valence-corrected chi connectivity index (χ3v) is 2.05. The summed E-state index contributed by atoms with van der Waals surface area (Å²) < 4.78 is 2.26. The van der Waals surface area contributed by atoms with Crippen LogP contribution in [0.1, 0.15) is 38.8 Å². The molecular weight excluding hydrogens is 148 g/mol. The summed E-state index contributed by atoms with van der Waals surface area (Å²) in [5.41, 5.74) is 1.39. The van der Waals surface area contributed by atoms with Crippen LogP contribution in [0.25, 0.3) is 0 Å². The smallest absolute Gasteiger partial charge is 0.0948 e. The van der Waals surface area contributed by atoms with E-state index in [0.29, 0.717) is 0 Å². The van der Waals surface area contributed by atoms with Crippen LogP contribution in [0.4, 0.5) is 0 Å². The van der Waals surface area contributed by atoms with Crippen LogP contribution >= 0.6 is 0 Å². The SMILES string of the molecule is CCCCc1cncn1CCC. The zero-order valence-electron chi connectivity index (χ0n) is 8.08. The number of nitrogens with zero attached hydrogens (tertiary/aromatic N) is 2. The third kappa shape index (κ3) is 2.36. The van der Waals surface area contributed by atoms with Crippen molar-refractivity contribution in [2.75, 3.05) is 0 Å². The molecule has 0 aromatic carbocycles. The molecule has 0 saturated carbocycles. The molecule has 0 aliphatic heterocycles. The Morgan fingerprint density at radius 1 is 1.33 bits per heavy atom. The van der Waals surface area contributed by atoms with Gasteiger partial charge in [0.2, 0.25) is 0 Å². The molecule has 2 heteroatoms. The van der Waals surface area contributed by atoms with Gasteiger partial charge in [-0.15, -0.1) is 0 Å². The van der Waals surface area contributed by atoms with Gasteiger partial charge in [-0.3, -0.25) is 0 Å². The van der Waals surface area contributed by atoms with Gasteiger partial charge < -0.3 is 4.57 Å². The van der Waals surface area contributed by atoms with Crippen molar-refractivity contribution in [2.45, 2.75) is 46.1 Å². The highest BCUT2D eigenvalue weighted by molar-refractivity contribution is 4.98. The first kappa shape index (κ1) is 9.30. The summed E-state index contributed by atoms with van der Waals surface area (Å²) in [4.78, 5) is 4.16. The molecule has 0 spiro atoms. The van der Waals surface area contributed by atoms with Crippen molar-refractivity contribution in [1.29, 1.82) is 0 Å². The van der Waals surface area contributed by atoms with Gasteiger partial charge in [0.1, 0.15) is 0 Å². The standard InChI is InChI=1S/C10H18N2/c1-3-5-6-10-8-11-9-12(10)7-4-2/h8-9H,3-7H2,1-2H3. The molecule has 12 heavy (non-hydrogen) atoms. The molecule has 2 nitrogen and oxygen atoms in total. The summed E-state index contributed by atoms with van der Waals surface area (Å²) in [6.07, 6.45) is 8.83. The summed E-state index contributed by atoms with van der Waals surface area (Å²) in [6, 6.07) is 0. The monoisotopic (exact) mass is 166 g/mol. The molecule has 0 atom stereocenters. The molecule has 1 heterocycles. The van der Waals surface area contributed by atoms with E-state index in [-0.39, 0.29) is 0 Å². The Hall–Kier alpha value is -0.790. The van der Waals surface area contributed by atoms with Crippen molar-refractivity contribution in [3.63, 3.8) is 0 Å². The number of hydrogen-bond acceptors (Lipinski definition) is 1. The second kappa shape index (κ2) is 4.96. The number of rotatable bonds is 5. The Morgan fingerprint density at radius 2 is 2.17 bits per heavy atom. The summed E-state index contributed by atoms with van der Waals surface area (Å²) in [5, 5.41) is 0. The fourth-order valence-corrected chi connectivity index (χ4v) is 1.36. The average Bonchev–Trinajstić information content (AvgIpc) is 2.50. The van der Waals surface area contributed by atoms with Crippen LogP contribution in [0.5, 0.6) is 0 Å². The number of aromatic nitrogens is 2. The maximum Gasteiger partial charge on any atom is 0.0948 e. The molecule has 1 aromatic heterocycles. The first-order valence-corrected chi connectivity index (χ1v) is 4.87. The van der Waals surface area contributed by atoms with E-state index in [1.807, 2.05) is 12.5 Å². The molecule has 0 amide bonds. The molecule has 0 aliphatic rings. The van der Waals surface area contributed by atoms with Crippen LogP contribution in [0.3, 0.4) is 0 Å². The van der Waals surface area contributed by atoms with Gasteiger partial charge in [-0.2, -0.15) is 0 Å². The van der Waals surface area contributed by atoms with Crippen molar-refractivity contribution in [3.8, 4) is 0 Å². The topological polar surface area (TPSA) is 17.8 Å². The second-order valence-electron chi connectivity index (χ2n) is 3.18. The Kier molecular flexibility index (Phi) is 3.85. The van der Waals surface area contributed by atoms with Gasteiger partial charge >= 0.3 is 0 Å². The fraction of sp³-hybridized carbons (Fsp3) is 0.700. The van der Waals surface area contributed by atoms with Crippen molar-refractivity contribution in [1.82, 2.24) is 9.55 Å². The van der Waals surface area contributed by atoms with Gasteiger partial charge in [0.15, 0.2) is 0 Å². The number of hydrogen-bond donors (Lipinski definition) is 0. The molecular formula is C10H18N2. The normalized spacial score (nSPS) is 10.5. The maximum absolute atomic E-state index is 4.16. The minimum absolute atomic E-state index is 1.11. The van der Waals surface area contributed by atoms with E-state index in [1.165, 1.54) is 31.4 Å². The van der Waals surface area contributed by atoms with E-state index in [9.17, 15) is 0 Å². The number of aryl methyl sites for hydroxylation is 2. The van der Waals surface area contributed by atoms with Gasteiger partial charge in [-0.1, -0.05) is 20.3 Å². The summed E-state index contributed by atoms with van der Waals surface area (Å²) in [6.45, 7) is 5.53. The van der Waals surface area contributed by atoms with Crippen molar-refractivity contribution in [3.05, 3.63) is 18.2 Å². The molecule has 0 N–H and O–H groups in total. The molecule has 0 fully saturated rings. The summed E-state index contributed by atoms with van der Waals surface area (Å²) in [7, 11) is 0. The van der Waals surface area contributed by atoms with Crippen LogP contribution in [0.2, 0.25) is 0 Å². The second-order valence-corrected chi connectivity index (χ2v) is 3.18. The Labute approximate surface area is 74.6 Å². The Morgan fingerprint density at radius 3 is 2.83 bits per heavy atom. The highest BCUT2D eigenvalue weighted by atomic mass is 15.0. The molecule has 0 bridgehead atoms. The maximum atomic E-state index is 4.16. The number of unbranched alkanes of at least 4 members (excludes halogenated alkanes) is 1. The minimum Gasteiger partial charge on any atom is -0.335 e. The van der Waals surface area contributed by atoms with Gasteiger partial charge in [0, 0.05) is 18.4 Å². The molecule has 1 rings (SSSR count). The Balaban J connectivity index is 2.51. The third-order valence-electron chi connectivity index (χ3n) is 2.05. The van der Waals surface area contributed by atoms with E-state index in [1.54, 1.807) is 0 Å². The van der Waals surface area contributed by atoms with E-state index >= 15 is 0 Å². The predicted molar refractivity (Wildman–Crippen MR) is 51.1 cm³/mol. The Bertz CT molecular complexity index is 215. The van der Waals surface area contributed by atoms with E-state index in [0.717, 1.165) is 6.54 Å². The first-order chi connectivity index (χ1) is 5.88. The fourth-order valence-electron chi connectivity index (χ4n) is 1.36. The molecule has 0 saturated heterocycles. The number of imidazole rings is 1. The van der Waals surface area contributed by atoms with Gasteiger partial charge in [0.05, 0.1) is 6.33 Å². The zero-order chi connectivity index (χ0) is 8.81. The van der Waals surface area contributed by atoms with Crippen LogP contribution in [0.15, 0.2) is 12.5 Å². The van der Waals surface area contributed by atoms with Gasteiger partial charge in [-0.25, -0.2) is 4.98 Å². The van der Waals surface area contributed by atoms with Crippen LogP contribution in [-0.4, -0.2) is 9.55 Å². The lowest BCUT2D eigenvalue weighted by Crippen LogP contribution is -2.00. The molecule has 0 radical (unpaired) electrons. The van der Waals surface area contributed by atoms with Crippen molar-refractivity contribution in [2.24, 2.45) is 0 Å². The lowest BCUT2D eigenvalue weighted by atomic mass is 10.2. The minimum atomic E-state index is 1.11. The highest BCUT2D eigenvalue weighted by Gasteiger charge is 1.99. The van der Waals surface area contributed by atoms with Gasteiger partial charge in [0.25, 0.3) is 0 Å². The summed E-state index contributed by atoms with van der Waals surface area (Å²) >= 11 is 0. The van der Waals surface area contributed by atoms with E-state index in [2.05, 4.69) is 23.4 Å². The summed E-state index contributed by atoms with van der Waals surface area (Å²) in [5.74, 6) is 0. The zero-order valence-corrected chi connectivity index (χ0v) is 8.08. The molecule has 68 valence electrons. The average molecular weight is 166 g/mol. The van der Waals surface area contributed by atoms with E-state index in [4.69, 9.17) is 0 Å². The van der Waals surface area contributed by atoms with Gasteiger partial charge in [-0.05, 0) is 19.3 Å². The van der Waals surface area contributed by atoms with Crippen LogP contribution in [0, 0.1) is 0 Å². The lowest BCUT2D eigenvalue weighted by Gasteiger charge is -2.04. The van der Waals surface area contributed by atoms with Crippen molar-refractivity contribution < 1.29 is 0 Å². The quantitative estimate of drug-likeness (QED) is 0.657. The predicted octanol–water partition coefficient (Wildman–Crippen LogP) is 2.64. The molecule has 0 aliphatic carbocycles. The highest BCUT2D eigenvalue weighted by Crippen LogP contribution is 2.05. The largest absolute Gasteiger partial charge is 0.335 e. The van der Waals surface area contributed by atoms with E-state index < -0.39 is 0 Å². The van der Waals surface area contributed by atoms with Crippen LogP contribution in [-0.2, 0) is 13.0 Å². The molecule has 1 aromatic rings. The first-order valence-electron chi connectivity index (χ1n) is 4.87. The lowest BCUT2D eigenvalue weighted by molar-refractivity contribution is 0.630.